The molecule has 1 aromatic carbocycles. The predicted molar refractivity (Wildman–Crippen MR) is 97.5 cm³/mol. The van der Waals surface area contributed by atoms with E-state index in [1.54, 1.807) is 0 Å². The maximum absolute atomic E-state index is 12.4. The lowest BCUT2D eigenvalue weighted by Crippen LogP contribution is -2.42. The minimum absolute atomic E-state index is 0.0827. The molecule has 1 amide bonds. The third kappa shape index (κ3) is 4.69. The number of hydrogen-bond donors (Lipinski definition) is 0. The van der Waals surface area contributed by atoms with Crippen LogP contribution in [0.3, 0.4) is 0 Å². The largest absolute Gasteiger partial charge is 0.371 e. The molecule has 0 spiro atoms. The summed E-state index contributed by atoms with van der Waals surface area (Å²) in [5.41, 5.74) is 3.43. The summed E-state index contributed by atoms with van der Waals surface area (Å²) in [6, 6.07) is 12.6. The fraction of sp³-hybridized carbons (Fsp3) is 0.500. The Morgan fingerprint density at radius 1 is 1.28 bits per heavy atom. The highest BCUT2D eigenvalue weighted by Gasteiger charge is 2.26. The van der Waals surface area contributed by atoms with Crippen molar-refractivity contribution in [3.63, 3.8) is 0 Å². The summed E-state index contributed by atoms with van der Waals surface area (Å²) in [5, 5.41) is 4.58. The second-order valence-electron chi connectivity index (χ2n) is 6.80. The number of amides is 1. The maximum Gasteiger partial charge on any atom is 0.248 e. The van der Waals surface area contributed by atoms with Crippen LogP contribution < -0.4 is 0 Å². The van der Waals surface area contributed by atoms with Crippen molar-refractivity contribution in [2.45, 2.75) is 39.2 Å². The van der Waals surface area contributed by atoms with Crippen LogP contribution in [0.4, 0.5) is 0 Å². The van der Waals surface area contributed by atoms with Crippen LogP contribution in [0, 0.1) is 13.8 Å². The molecule has 2 heterocycles. The third-order valence-corrected chi connectivity index (χ3v) is 4.74. The van der Waals surface area contributed by atoms with Crippen LogP contribution >= 0.6 is 0 Å². The Bertz CT molecular complexity index is 696. The highest BCUT2D eigenvalue weighted by atomic mass is 16.5. The van der Waals surface area contributed by atoms with Crippen molar-refractivity contribution in [2.75, 3.05) is 26.3 Å². The fourth-order valence-electron chi connectivity index (χ4n) is 3.48. The van der Waals surface area contributed by atoms with E-state index in [1.165, 1.54) is 5.56 Å². The SMILES string of the molecule is Cc1cc(C)n([C@H]2CCCN(C(=O)COCCc3ccccc3)C2)n1. The van der Waals surface area contributed by atoms with Gasteiger partial charge in [-0.1, -0.05) is 30.3 Å². The van der Waals surface area contributed by atoms with Crippen molar-refractivity contribution in [3.8, 4) is 0 Å². The number of aryl methyl sites for hydroxylation is 2. The summed E-state index contributed by atoms with van der Waals surface area (Å²) in [6.45, 7) is 6.37. The average molecular weight is 341 g/mol. The van der Waals surface area contributed by atoms with E-state index in [2.05, 4.69) is 34.9 Å². The van der Waals surface area contributed by atoms with E-state index >= 15 is 0 Å². The molecule has 0 saturated carbocycles. The van der Waals surface area contributed by atoms with Crippen molar-refractivity contribution in [1.29, 1.82) is 0 Å². The summed E-state index contributed by atoms with van der Waals surface area (Å²) in [7, 11) is 0. The normalized spacial score (nSPS) is 17.7. The molecule has 1 aromatic heterocycles. The molecule has 0 radical (unpaired) electrons. The molecular formula is C20H27N3O2. The molecule has 5 heteroatoms. The van der Waals surface area contributed by atoms with Gasteiger partial charge in [0.2, 0.25) is 5.91 Å². The topological polar surface area (TPSA) is 47.4 Å². The Morgan fingerprint density at radius 3 is 2.80 bits per heavy atom. The molecule has 134 valence electrons. The maximum atomic E-state index is 12.4. The molecule has 0 aliphatic carbocycles. The minimum atomic E-state index is 0.0827. The van der Waals surface area contributed by atoms with Crippen LogP contribution in [-0.2, 0) is 16.0 Å². The summed E-state index contributed by atoms with van der Waals surface area (Å²) in [4.78, 5) is 14.4. The first-order chi connectivity index (χ1) is 12.1. The standard InChI is InChI=1S/C20H27N3O2/c1-16-13-17(2)23(21-16)19-9-6-11-22(14-19)20(24)15-25-12-10-18-7-4-3-5-8-18/h3-5,7-8,13,19H,6,9-12,14-15H2,1-2H3/t19-/m0/s1. The molecule has 2 aromatic rings. The van der Waals surface area contributed by atoms with Crippen LogP contribution in [0.1, 0.15) is 35.8 Å². The molecule has 0 bridgehead atoms. The quantitative estimate of drug-likeness (QED) is 0.759. The highest BCUT2D eigenvalue weighted by molar-refractivity contribution is 5.77. The van der Waals surface area contributed by atoms with Gasteiger partial charge in [0, 0.05) is 18.8 Å². The molecule has 5 nitrogen and oxygen atoms in total. The Morgan fingerprint density at radius 2 is 2.08 bits per heavy atom. The number of benzene rings is 1. The zero-order chi connectivity index (χ0) is 17.6. The lowest BCUT2D eigenvalue weighted by molar-refractivity contribution is -0.137. The summed E-state index contributed by atoms with van der Waals surface area (Å²) in [6.07, 6.45) is 2.92. The van der Waals surface area contributed by atoms with Crippen LogP contribution in [0.5, 0.6) is 0 Å². The zero-order valence-electron chi connectivity index (χ0n) is 15.1. The number of carbonyl (C=O) groups excluding carboxylic acids is 1. The van der Waals surface area contributed by atoms with E-state index < -0.39 is 0 Å². The molecule has 1 fully saturated rings. The number of ether oxygens (including phenoxy) is 1. The lowest BCUT2D eigenvalue weighted by atomic mass is 10.1. The number of carbonyl (C=O) groups is 1. The first-order valence-corrected chi connectivity index (χ1v) is 9.05. The predicted octanol–water partition coefficient (Wildman–Crippen LogP) is 2.92. The van der Waals surface area contributed by atoms with E-state index in [-0.39, 0.29) is 18.6 Å². The van der Waals surface area contributed by atoms with Gasteiger partial charge in [-0.3, -0.25) is 9.48 Å². The van der Waals surface area contributed by atoms with E-state index in [9.17, 15) is 4.79 Å². The molecule has 0 N–H and O–H groups in total. The number of likely N-dealkylation sites (tertiary alicyclic amines) is 1. The molecule has 1 saturated heterocycles. The Kier molecular flexibility index (Phi) is 5.87. The molecule has 1 atom stereocenters. The van der Waals surface area contributed by atoms with Crippen LogP contribution in [0.15, 0.2) is 36.4 Å². The third-order valence-electron chi connectivity index (χ3n) is 4.74. The highest BCUT2D eigenvalue weighted by Crippen LogP contribution is 2.23. The van der Waals surface area contributed by atoms with Crippen LogP contribution in [-0.4, -0.2) is 46.9 Å². The number of aromatic nitrogens is 2. The van der Waals surface area contributed by atoms with Crippen molar-refractivity contribution in [2.24, 2.45) is 0 Å². The van der Waals surface area contributed by atoms with Gasteiger partial charge < -0.3 is 9.64 Å². The first-order valence-electron chi connectivity index (χ1n) is 9.05. The average Bonchev–Trinajstić information content (AvgIpc) is 2.98. The first kappa shape index (κ1) is 17.7. The van der Waals surface area contributed by atoms with Gasteiger partial charge in [-0.15, -0.1) is 0 Å². The fourth-order valence-corrected chi connectivity index (χ4v) is 3.48. The van der Waals surface area contributed by atoms with E-state index in [0.29, 0.717) is 6.61 Å². The van der Waals surface area contributed by atoms with Gasteiger partial charge in [-0.2, -0.15) is 5.10 Å². The minimum Gasteiger partial charge on any atom is -0.371 e. The lowest BCUT2D eigenvalue weighted by Gasteiger charge is -2.33. The van der Waals surface area contributed by atoms with Crippen LogP contribution in [0.2, 0.25) is 0 Å². The van der Waals surface area contributed by atoms with Gasteiger partial charge in [0.25, 0.3) is 0 Å². The van der Waals surface area contributed by atoms with Gasteiger partial charge in [0.1, 0.15) is 6.61 Å². The van der Waals surface area contributed by atoms with Gasteiger partial charge in [-0.05, 0) is 44.7 Å². The van der Waals surface area contributed by atoms with Crippen molar-refractivity contribution in [1.82, 2.24) is 14.7 Å². The Hall–Kier alpha value is -2.14. The summed E-state index contributed by atoms with van der Waals surface area (Å²) < 4.78 is 7.68. The summed E-state index contributed by atoms with van der Waals surface area (Å²) in [5.74, 6) is 0.0827. The van der Waals surface area contributed by atoms with Gasteiger partial charge >= 0.3 is 0 Å². The number of nitrogens with zero attached hydrogens (tertiary/aromatic N) is 3. The van der Waals surface area contributed by atoms with E-state index in [1.807, 2.05) is 30.0 Å². The van der Waals surface area contributed by atoms with Gasteiger partial charge in [0.05, 0.1) is 18.3 Å². The zero-order valence-corrected chi connectivity index (χ0v) is 15.1. The monoisotopic (exact) mass is 341 g/mol. The van der Waals surface area contributed by atoms with Crippen LogP contribution in [0.25, 0.3) is 0 Å². The molecule has 1 aliphatic rings. The summed E-state index contributed by atoms with van der Waals surface area (Å²) >= 11 is 0. The Balaban J connectivity index is 1.46. The van der Waals surface area contributed by atoms with E-state index in [0.717, 1.165) is 43.7 Å². The van der Waals surface area contributed by atoms with Gasteiger partial charge in [0.15, 0.2) is 0 Å². The van der Waals surface area contributed by atoms with Crippen molar-refractivity contribution in [3.05, 3.63) is 53.3 Å². The molecule has 3 rings (SSSR count). The number of piperidine rings is 1. The van der Waals surface area contributed by atoms with E-state index in [4.69, 9.17) is 4.74 Å². The smallest absolute Gasteiger partial charge is 0.248 e. The molecule has 0 unspecified atom stereocenters. The second kappa shape index (κ2) is 8.30. The molecule has 25 heavy (non-hydrogen) atoms. The van der Waals surface area contributed by atoms with Crippen molar-refractivity contribution < 1.29 is 9.53 Å². The molecular weight excluding hydrogens is 314 g/mol. The van der Waals surface area contributed by atoms with Gasteiger partial charge in [-0.25, -0.2) is 0 Å². The molecule has 1 aliphatic heterocycles. The number of rotatable bonds is 6. The Labute approximate surface area is 149 Å². The second-order valence-corrected chi connectivity index (χ2v) is 6.80. The van der Waals surface area contributed by atoms with Crippen molar-refractivity contribution >= 4 is 5.91 Å². The number of hydrogen-bond acceptors (Lipinski definition) is 3.